The van der Waals surface area contributed by atoms with Crippen molar-refractivity contribution in [1.82, 2.24) is 24.9 Å². The monoisotopic (exact) mass is 260 g/mol. The van der Waals surface area contributed by atoms with E-state index in [1.807, 2.05) is 0 Å². The molecule has 2 heterocycles. The minimum atomic E-state index is -3.66. The second-order valence-electron chi connectivity index (χ2n) is 2.77. The maximum atomic E-state index is 11.6. The van der Waals surface area contributed by atoms with Gasteiger partial charge in [-0.05, 0) is 0 Å². The Morgan fingerprint density at radius 1 is 1.50 bits per heavy atom. The molecule has 0 saturated carbocycles. The molecule has 0 aliphatic rings. The molecule has 0 radical (unpaired) electrons. The van der Waals surface area contributed by atoms with E-state index < -0.39 is 10.0 Å². The van der Waals surface area contributed by atoms with Crippen LogP contribution >= 0.6 is 11.3 Å². The van der Waals surface area contributed by atoms with E-state index >= 15 is 0 Å². The van der Waals surface area contributed by atoms with Crippen molar-refractivity contribution in [3.63, 3.8) is 0 Å². The first kappa shape index (κ1) is 11.0. The maximum absolute atomic E-state index is 11.6. The Labute approximate surface area is 95.0 Å². The summed E-state index contributed by atoms with van der Waals surface area (Å²) < 4.78 is 25.4. The molecule has 0 spiro atoms. The molecular weight excluding hydrogens is 252 g/mol. The lowest BCUT2D eigenvalue weighted by molar-refractivity contribution is 0.577. The van der Waals surface area contributed by atoms with E-state index in [0.717, 1.165) is 11.3 Å². The van der Waals surface area contributed by atoms with Gasteiger partial charge in [-0.25, -0.2) is 18.1 Å². The highest BCUT2D eigenvalue weighted by atomic mass is 32.2. The number of hydrogen-bond donors (Lipinski definition) is 3. The first-order valence-corrected chi connectivity index (χ1v) is 6.45. The highest BCUT2D eigenvalue weighted by Crippen LogP contribution is 2.16. The number of rotatable bonds is 4. The van der Waals surface area contributed by atoms with Gasteiger partial charge in [0, 0.05) is 12.4 Å². The molecule has 16 heavy (non-hydrogen) atoms. The summed E-state index contributed by atoms with van der Waals surface area (Å²) in [5.41, 5.74) is 5.30. The van der Waals surface area contributed by atoms with Crippen molar-refractivity contribution >= 4 is 26.5 Å². The third-order valence-electron chi connectivity index (χ3n) is 1.64. The molecule has 0 aliphatic carbocycles. The van der Waals surface area contributed by atoms with Crippen molar-refractivity contribution < 1.29 is 8.42 Å². The summed E-state index contributed by atoms with van der Waals surface area (Å²) in [6, 6.07) is 0. The highest BCUT2D eigenvalue weighted by molar-refractivity contribution is 7.91. The fourth-order valence-electron chi connectivity index (χ4n) is 0.949. The van der Waals surface area contributed by atoms with E-state index in [0.29, 0.717) is 5.82 Å². The van der Waals surface area contributed by atoms with Crippen LogP contribution < -0.4 is 10.5 Å². The number of imidazole rings is 1. The number of nitrogens with two attached hydrogens (primary N) is 1. The summed E-state index contributed by atoms with van der Waals surface area (Å²) in [6.45, 7) is 0.0643. The van der Waals surface area contributed by atoms with Crippen LogP contribution in [0.4, 0.5) is 5.13 Å². The Morgan fingerprint density at radius 3 is 2.88 bits per heavy atom. The SMILES string of the molecule is Nc1nnc(S(=O)(=O)NCc2ncc[nH]2)s1. The molecule has 0 saturated heterocycles. The van der Waals surface area contributed by atoms with Gasteiger partial charge >= 0.3 is 0 Å². The molecule has 0 unspecified atom stereocenters. The van der Waals surface area contributed by atoms with Crippen molar-refractivity contribution in [1.29, 1.82) is 0 Å². The summed E-state index contributed by atoms with van der Waals surface area (Å²) >= 11 is 0.806. The Bertz CT molecular complexity index is 560. The summed E-state index contributed by atoms with van der Waals surface area (Å²) in [5.74, 6) is 0.515. The van der Waals surface area contributed by atoms with Crippen LogP contribution in [0, 0.1) is 0 Å². The van der Waals surface area contributed by atoms with Crippen molar-refractivity contribution in [2.75, 3.05) is 5.73 Å². The van der Waals surface area contributed by atoms with Gasteiger partial charge in [0.25, 0.3) is 10.0 Å². The van der Waals surface area contributed by atoms with Gasteiger partial charge in [-0.3, -0.25) is 0 Å². The van der Waals surface area contributed by atoms with E-state index in [4.69, 9.17) is 5.73 Å². The second kappa shape index (κ2) is 4.15. The topological polar surface area (TPSA) is 127 Å². The van der Waals surface area contributed by atoms with E-state index in [9.17, 15) is 8.42 Å². The van der Waals surface area contributed by atoms with E-state index in [2.05, 4.69) is 24.9 Å². The molecule has 0 aliphatic heterocycles. The van der Waals surface area contributed by atoms with Crippen LogP contribution in [0.3, 0.4) is 0 Å². The first-order chi connectivity index (χ1) is 7.58. The highest BCUT2D eigenvalue weighted by Gasteiger charge is 2.19. The van der Waals surface area contributed by atoms with Crippen molar-refractivity contribution in [2.45, 2.75) is 10.9 Å². The zero-order valence-electron chi connectivity index (χ0n) is 7.91. The van der Waals surface area contributed by atoms with E-state index in [1.165, 1.54) is 6.20 Å². The molecule has 0 amide bonds. The lowest BCUT2D eigenvalue weighted by atomic mass is 10.6. The van der Waals surface area contributed by atoms with Gasteiger partial charge < -0.3 is 10.7 Å². The number of nitrogens with one attached hydrogen (secondary N) is 2. The quantitative estimate of drug-likeness (QED) is 0.668. The first-order valence-electron chi connectivity index (χ1n) is 4.15. The smallest absolute Gasteiger partial charge is 0.270 e. The average molecular weight is 260 g/mol. The molecule has 0 bridgehead atoms. The predicted octanol–water partition coefficient (Wildman–Crippen LogP) is -0.678. The lowest BCUT2D eigenvalue weighted by Gasteiger charge is -2.00. The number of hydrogen-bond acceptors (Lipinski definition) is 7. The van der Waals surface area contributed by atoms with Gasteiger partial charge in [0.15, 0.2) is 0 Å². The number of H-pyrrole nitrogens is 1. The molecule has 0 atom stereocenters. The van der Waals surface area contributed by atoms with E-state index in [1.54, 1.807) is 6.20 Å². The van der Waals surface area contributed by atoms with Crippen LogP contribution in [0.2, 0.25) is 0 Å². The Morgan fingerprint density at radius 2 is 2.31 bits per heavy atom. The third-order valence-corrected chi connectivity index (χ3v) is 4.16. The van der Waals surface area contributed by atoms with Crippen LogP contribution in [-0.2, 0) is 16.6 Å². The van der Waals surface area contributed by atoms with Crippen LogP contribution in [0.5, 0.6) is 0 Å². The van der Waals surface area contributed by atoms with Crippen LogP contribution in [-0.4, -0.2) is 28.6 Å². The maximum Gasteiger partial charge on any atom is 0.270 e. The largest absolute Gasteiger partial charge is 0.374 e. The number of nitrogens with zero attached hydrogens (tertiary/aromatic N) is 3. The number of anilines is 1. The van der Waals surface area contributed by atoms with E-state index in [-0.39, 0.29) is 16.0 Å². The van der Waals surface area contributed by atoms with Crippen LogP contribution in [0.25, 0.3) is 0 Å². The number of aromatic amines is 1. The molecule has 2 aromatic rings. The van der Waals surface area contributed by atoms with Gasteiger partial charge in [0.2, 0.25) is 9.47 Å². The number of nitrogen functional groups attached to an aromatic ring is 1. The molecule has 0 aromatic carbocycles. The fraction of sp³-hybridized carbons (Fsp3) is 0.167. The summed E-state index contributed by atoms with van der Waals surface area (Å²) in [7, 11) is -3.66. The third kappa shape index (κ3) is 2.35. The Hall–Kier alpha value is -1.52. The fourth-order valence-corrected chi connectivity index (χ4v) is 2.76. The molecule has 2 aromatic heterocycles. The van der Waals surface area contributed by atoms with Gasteiger partial charge in [0.1, 0.15) is 5.82 Å². The minimum absolute atomic E-state index is 0.0643. The standard InChI is InChI=1S/C6H8N6O2S2/c7-5-11-12-6(15-5)16(13,14)10-3-4-8-1-2-9-4/h1-2,10H,3H2,(H2,7,11)(H,8,9). The van der Waals surface area contributed by atoms with Gasteiger partial charge in [-0.1, -0.05) is 11.3 Å². The van der Waals surface area contributed by atoms with Crippen molar-refractivity contribution in [3.05, 3.63) is 18.2 Å². The van der Waals surface area contributed by atoms with Gasteiger partial charge in [-0.2, -0.15) is 0 Å². The molecular formula is C6H8N6O2S2. The molecule has 2 rings (SSSR count). The minimum Gasteiger partial charge on any atom is -0.374 e. The zero-order valence-corrected chi connectivity index (χ0v) is 9.55. The lowest BCUT2D eigenvalue weighted by Crippen LogP contribution is -2.23. The van der Waals surface area contributed by atoms with Crippen molar-refractivity contribution in [2.24, 2.45) is 0 Å². The summed E-state index contributed by atoms with van der Waals surface area (Å²) in [6.07, 6.45) is 3.14. The average Bonchev–Trinajstić information content (AvgIpc) is 2.85. The van der Waals surface area contributed by atoms with Gasteiger partial charge in [-0.15, -0.1) is 10.2 Å². The molecule has 0 fully saturated rings. The Kier molecular flexibility index (Phi) is 2.85. The normalized spacial score (nSPS) is 11.8. The number of aromatic nitrogens is 4. The Balaban J connectivity index is 2.09. The van der Waals surface area contributed by atoms with Gasteiger partial charge in [0.05, 0.1) is 6.54 Å². The molecule has 10 heteroatoms. The second-order valence-corrected chi connectivity index (χ2v) is 5.72. The molecule has 8 nitrogen and oxygen atoms in total. The molecule has 4 N–H and O–H groups in total. The summed E-state index contributed by atoms with van der Waals surface area (Å²) in [5, 5.41) is 6.99. The summed E-state index contributed by atoms with van der Waals surface area (Å²) in [4.78, 5) is 6.65. The zero-order chi connectivity index (χ0) is 11.6. The number of sulfonamides is 1. The van der Waals surface area contributed by atoms with Crippen LogP contribution in [0.1, 0.15) is 5.82 Å². The van der Waals surface area contributed by atoms with Crippen molar-refractivity contribution in [3.8, 4) is 0 Å². The van der Waals surface area contributed by atoms with Crippen LogP contribution in [0.15, 0.2) is 16.7 Å². The molecule has 86 valence electrons. The predicted molar refractivity (Wildman–Crippen MR) is 56.9 cm³/mol.